The van der Waals surface area contributed by atoms with Crippen molar-refractivity contribution in [3.8, 4) is 0 Å². The highest BCUT2D eigenvalue weighted by molar-refractivity contribution is 7.12. The molecule has 1 aliphatic rings. The standard InChI is InChI=1S/C34H32ClN3O5S/c1-19-18-27(20(2)44-19)31(40)28-29(22-12-16-26(17-13-22)36-21(3)39)34(4,32(41)42)38(30(28)23-10-14-24(35)15-11-23)33(43)37-25-8-6-5-7-9-25/h5-18,28-30H,1-4H3,(H,36,39)(H,37,43)(H,41,42). The van der Waals surface area contributed by atoms with Crippen LogP contribution in [0.1, 0.15) is 57.0 Å². The smallest absolute Gasteiger partial charge is 0.330 e. The molecular formula is C34H32ClN3O5S. The van der Waals surface area contributed by atoms with Crippen LogP contribution in [0.15, 0.2) is 84.9 Å². The van der Waals surface area contributed by atoms with Crippen molar-refractivity contribution in [3.05, 3.63) is 116 Å². The molecule has 3 aromatic carbocycles. The number of amides is 3. The van der Waals surface area contributed by atoms with E-state index in [1.54, 1.807) is 72.8 Å². The fraction of sp³-hybridized carbons (Fsp3) is 0.235. The molecule has 4 atom stereocenters. The average Bonchev–Trinajstić information content (AvgIpc) is 3.47. The Kier molecular flexibility index (Phi) is 8.63. The second-order valence-corrected chi connectivity index (χ2v) is 13.0. The number of nitrogens with zero attached hydrogens (tertiary/aromatic N) is 1. The Bertz CT molecular complexity index is 1720. The molecule has 44 heavy (non-hydrogen) atoms. The predicted molar refractivity (Wildman–Crippen MR) is 173 cm³/mol. The molecule has 0 aliphatic carbocycles. The van der Waals surface area contributed by atoms with Gasteiger partial charge < -0.3 is 15.7 Å². The highest BCUT2D eigenvalue weighted by Gasteiger charge is 2.65. The second-order valence-electron chi connectivity index (χ2n) is 11.1. The van der Waals surface area contributed by atoms with Crippen molar-refractivity contribution < 1.29 is 24.3 Å². The number of likely N-dealkylation sites (tertiary alicyclic amines) is 1. The maximum absolute atomic E-state index is 14.7. The number of ketones is 1. The number of carbonyl (C=O) groups excluding carboxylic acids is 3. The van der Waals surface area contributed by atoms with Crippen LogP contribution in [0, 0.1) is 19.8 Å². The van der Waals surface area contributed by atoms with E-state index in [1.165, 1.54) is 30.1 Å². The minimum absolute atomic E-state index is 0.253. The van der Waals surface area contributed by atoms with Gasteiger partial charge >= 0.3 is 12.0 Å². The first-order chi connectivity index (χ1) is 20.9. The Morgan fingerprint density at radius 3 is 2.00 bits per heavy atom. The number of thiophene rings is 1. The molecule has 3 N–H and O–H groups in total. The molecule has 0 radical (unpaired) electrons. The Hall–Kier alpha value is -4.47. The van der Waals surface area contributed by atoms with Crippen molar-refractivity contribution in [3.63, 3.8) is 0 Å². The highest BCUT2D eigenvalue weighted by atomic mass is 35.5. The Morgan fingerprint density at radius 2 is 1.45 bits per heavy atom. The molecule has 0 spiro atoms. The number of hydrogen-bond acceptors (Lipinski definition) is 5. The van der Waals surface area contributed by atoms with E-state index in [1.807, 2.05) is 26.0 Å². The lowest BCUT2D eigenvalue weighted by Crippen LogP contribution is -2.55. The number of hydrogen-bond donors (Lipinski definition) is 3. The summed E-state index contributed by atoms with van der Waals surface area (Å²) in [6.07, 6.45) is 0. The minimum atomic E-state index is -1.88. The van der Waals surface area contributed by atoms with Gasteiger partial charge in [0.05, 0.1) is 12.0 Å². The van der Waals surface area contributed by atoms with Crippen LogP contribution < -0.4 is 10.6 Å². The van der Waals surface area contributed by atoms with Crippen LogP contribution >= 0.6 is 22.9 Å². The van der Waals surface area contributed by atoms with Crippen LogP contribution in [0.25, 0.3) is 0 Å². The quantitative estimate of drug-likeness (QED) is 0.181. The molecule has 1 aliphatic heterocycles. The van der Waals surface area contributed by atoms with Crippen LogP contribution in [-0.2, 0) is 9.59 Å². The summed E-state index contributed by atoms with van der Waals surface area (Å²) in [5.41, 5.74) is 0.741. The molecular weight excluding hydrogens is 598 g/mol. The minimum Gasteiger partial charge on any atom is -0.479 e. The van der Waals surface area contributed by atoms with Crippen molar-refractivity contribution in [1.82, 2.24) is 4.90 Å². The molecule has 8 nitrogen and oxygen atoms in total. The van der Waals surface area contributed by atoms with E-state index in [-0.39, 0.29) is 11.7 Å². The summed E-state index contributed by atoms with van der Waals surface area (Å²) in [5.74, 6) is -3.73. The van der Waals surface area contributed by atoms with Gasteiger partial charge in [-0.25, -0.2) is 9.59 Å². The first kappa shape index (κ1) is 31.0. The van der Waals surface area contributed by atoms with Gasteiger partial charge in [-0.15, -0.1) is 11.3 Å². The van der Waals surface area contributed by atoms with Crippen LogP contribution in [0.3, 0.4) is 0 Å². The van der Waals surface area contributed by atoms with E-state index >= 15 is 0 Å². The zero-order valence-corrected chi connectivity index (χ0v) is 26.2. The van der Waals surface area contributed by atoms with Gasteiger partial charge in [0.1, 0.15) is 5.54 Å². The number of aryl methyl sites for hydroxylation is 2. The summed E-state index contributed by atoms with van der Waals surface area (Å²) in [7, 11) is 0. The molecule has 4 unspecified atom stereocenters. The molecule has 10 heteroatoms. The monoisotopic (exact) mass is 629 g/mol. The summed E-state index contributed by atoms with van der Waals surface area (Å²) < 4.78 is 0. The third-order valence-corrected chi connectivity index (χ3v) is 9.39. The number of benzene rings is 3. The summed E-state index contributed by atoms with van der Waals surface area (Å²) >= 11 is 7.73. The number of urea groups is 1. The number of carbonyl (C=O) groups is 4. The summed E-state index contributed by atoms with van der Waals surface area (Å²) in [5, 5.41) is 17.0. The van der Waals surface area contributed by atoms with Crippen LogP contribution in [0.5, 0.6) is 0 Å². The fourth-order valence-corrected chi connectivity index (χ4v) is 7.34. The zero-order valence-electron chi connectivity index (χ0n) is 24.6. The van der Waals surface area contributed by atoms with Gasteiger partial charge in [-0.3, -0.25) is 14.5 Å². The second kappa shape index (κ2) is 12.3. The molecule has 0 saturated carbocycles. The first-order valence-electron chi connectivity index (χ1n) is 14.0. The van der Waals surface area contributed by atoms with Crippen molar-refractivity contribution in [2.45, 2.75) is 45.2 Å². The SMILES string of the molecule is CC(=O)Nc1ccc(C2C(C(=O)c3cc(C)sc3C)C(c3ccc(Cl)cc3)N(C(=O)Nc3ccccc3)C2(C)C(=O)O)cc1. The number of para-hydroxylation sites is 1. The number of halogens is 1. The van der Waals surface area contributed by atoms with Gasteiger partial charge in [-0.05, 0) is 74.4 Å². The largest absolute Gasteiger partial charge is 0.479 e. The number of rotatable bonds is 7. The lowest BCUT2D eigenvalue weighted by Gasteiger charge is -2.37. The molecule has 3 amide bonds. The molecule has 4 aromatic rings. The fourth-order valence-electron chi connectivity index (χ4n) is 6.28. The van der Waals surface area contributed by atoms with E-state index in [2.05, 4.69) is 10.6 Å². The van der Waals surface area contributed by atoms with E-state index < -0.39 is 35.4 Å². The van der Waals surface area contributed by atoms with Crippen LogP contribution in [-0.4, -0.2) is 39.2 Å². The van der Waals surface area contributed by atoms with Gasteiger partial charge in [0.2, 0.25) is 5.91 Å². The Labute approximate surface area is 264 Å². The molecule has 226 valence electrons. The van der Waals surface area contributed by atoms with E-state index in [0.717, 1.165) is 9.75 Å². The van der Waals surface area contributed by atoms with E-state index in [4.69, 9.17) is 11.6 Å². The van der Waals surface area contributed by atoms with Crippen molar-refractivity contribution in [1.29, 1.82) is 0 Å². The van der Waals surface area contributed by atoms with Gasteiger partial charge in [-0.1, -0.05) is 54.1 Å². The van der Waals surface area contributed by atoms with Gasteiger partial charge in [-0.2, -0.15) is 0 Å². The van der Waals surface area contributed by atoms with Gasteiger partial charge in [0.25, 0.3) is 0 Å². The molecule has 5 rings (SSSR count). The lowest BCUT2D eigenvalue weighted by atomic mass is 9.71. The molecule has 2 heterocycles. The molecule has 1 aromatic heterocycles. The highest BCUT2D eigenvalue weighted by Crippen LogP contribution is 2.57. The topological polar surface area (TPSA) is 116 Å². The first-order valence-corrected chi connectivity index (χ1v) is 15.2. The lowest BCUT2D eigenvalue weighted by molar-refractivity contribution is -0.148. The zero-order chi connectivity index (χ0) is 31.8. The number of carboxylic acids is 1. The van der Waals surface area contributed by atoms with Crippen molar-refractivity contribution >= 4 is 58.0 Å². The molecule has 0 bridgehead atoms. The number of Topliss-reactive ketones (excluding diaryl/α,β-unsaturated/α-hetero) is 1. The maximum Gasteiger partial charge on any atom is 0.330 e. The Morgan fingerprint density at radius 1 is 0.864 bits per heavy atom. The van der Waals surface area contributed by atoms with Crippen molar-refractivity contribution in [2.75, 3.05) is 10.6 Å². The number of carboxylic acid groups (broad SMARTS) is 1. The predicted octanol–water partition coefficient (Wildman–Crippen LogP) is 7.69. The third-order valence-electron chi connectivity index (χ3n) is 8.17. The number of anilines is 2. The average molecular weight is 630 g/mol. The van der Waals surface area contributed by atoms with E-state index in [0.29, 0.717) is 33.1 Å². The maximum atomic E-state index is 14.7. The molecule has 1 saturated heterocycles. The van der Waals surface area contributed by atoms with Gasteiger partial charge in [0.15, 0.2) is 5.78 Å². The summed E-state index contributed by atoms with van der Waals surface area (Å²) in [4.78, 5) is 57.2. The van der Waals surface area contributed by atoms with E-state index in [9.17, 15) is 24.3 Å². The van der Waals surface area contributed by atoms with Gasteiger partial charge in [0, 0.05) is 44.6 Å². The number of nitrogens with one attached hydrogen (secondary N) is 2. The van der Waals surface area contributed by atoms with Crippen LogP contribution in [0.2, 0.25) is 5.02 Å². The summed E-state index contributed by atoms with van der Waals surface area (Å²) in [6, 6.07) is 22.5. The third kappa shape index (κ3) is 5.73. The number of aliphatic carboxylic acids is 1. The Balaban J connectivity index is 1.77. The molecule has 1 fully saturated rings. The van der Waals surface area contributed by atoms with Crippen LogP contribution in [0.4, 0.5) is 16.2 Å². The normalized spacial score (nSPS) is 21.1. The summed E-state index contributed by atoms with van der Waals surface area (Å²) in [6.45, 7) is 6.67. The van der Waals surface area contributed by atoms with Crippen molar-refractivity contribution in [2.24, 2.45) is 5.92 Å².